The number of aromatic hydroxyl groups is 1. The van der Waals surface area contributed by atoms with Gasteiger partial charge in [0.25, 0.3) is 0 Å². The Hall–Kier alpha value is -6.26. The SMILES string of the molecule is [2H]c1nc(-c2cc(-c3cccc4c3nc(-c3cc(C(C)(C)C)cc(C(C)(C)C)c3O)n4-c3ccc(CC(C)C)cc3-c3ccccc3)cc(C(C)(C)C)c2)c([2H])c(-c2c([2H])c([2H])c(C([2H])([2H])[2H])c([2H])c2[2H])c1[2H]. The monoisotopic (exact) mass is 840 g/mol. The standard InChI is InChI=1S/C59H63N3O/c1-37(2)29-39-23-26-52(48(30-39)41-17-14-13-15-18-41)62-53-20-16-19-47(54(53)61-56(62)49-35-46(58(7,8)9)36-50(55(49)63)59(10,11)12)43-31-44(33-45(32-43)57(4,5)6)51-34-42(27-28-60-51)40-24-21-38(3)22-25-40/h13-28,30-37,63H,29H2,1-12H3/i3D3,21D,22D,24D,25D,27D,28D,34D. The summed E-state index contributed by atoms with van der Waals surface area (Å²) >= 11 is 0. The maximum Gasteiger partial charge on any atom is 0.149 e. The number of pyridine rings is 1. The van der Waals surface area contributed by atoms with Crippen LogP contribution in [0.3, 0.4) is 0 Å². The summed E-state index contributed by atoms with van der Waals surface area (Å²) < 4.78 is 88.5. The van der Waals surface area contributed by atoms with Crippen LogP contribution in [0.2, 0.25) is 0 Å². The van der Waals surface area contributed by atoms with Crippen molar-refractivity contribution in [2.24, 2.45) is 5.92 Å². The molecule has 0 fully saturated rings. The second-order valence-electron chi connectivity index (χ2n) is 20.2. The normalized spacial score (nSPS) is 14.9. The predicted octanol–water partition coefficient (Wildman–Crippen LogP) is 15.9. The van der Waals surface area contributed by atoms with Crippen LogP contribution in [-0.4, -0.2) is 19.6 Å². The van der Waals surface area contributed by atoms with Crippen molar-refractivity contribution in [3.63, 3.8) is 0 Å². The van der Waals surface area contributed by atoms with Gasteiger partial charge in [0.1, 0.15) is 11.6 Å². The third-order valence-corrected chi connectivity index (χ3v) is 11.6. The number of hydrogen-bond donors (Lipinski definition) is 1. The molecule has 0 amide bonds. The van der Waals surface area contributed by atoms with Gasteiger partial charge in [-0.15, -0.1) is 0 Å². The minimum Gasteiger partial charge on any atom is -0.507 e. The maximum absolute atomic E-state index is 12.6. The molecule has 2 aromatic heterocycles. The van der Waals surface area contributed by atoms with Gasteiger partial charge in [-0.2, -0.15) is 0 Å². The summed E-state index contributed by atoms with van der Waals surface area (Å²) in [5.41, 5.74) is 7.68. The molecule has 0 aliphatic carbocycles. The molecule has 320 valence electrons. The van der Waals surface area contributed by atoms with Gasteiger partial charge in [-0.05, 0) is 123 Å². The van der Waals surface area contributed by atoms with Gasteiger partial charge in [-0.3, -0.25) is 9.55 Å². The minimum absolute atomic E-state index is 0.0360. The number of aromatic nitrogens is 3. The van der Waals surface area contributed by atoms with Gasteiger partial charge < -0.3 is 5.11 Å². The number of para-hydroxylation sites is 1. The summed E-state index contributed by atoms with van der Waals surface area (Å²) in [5, 5.41) is 12.6. The molecule has 0 radical (unpaired) electrons. The van der Waals surface area contributed by atoms with Crippen molar-refractivity contribution in [1.82, 2.24) is 14.5 Å². The molecule has 0 saturated carbocycles. The molecule has 1 N–H and O–H groups in total. The molecular formula is C59H63N3O. The maximum atomic E-state index is 12.6. The number of hydrogen-bond acceptors (Lipinski definition) is 3. The van der Waals surface area contributed by atoms with Crippen LogP contribution in [0.4, 0.5) is 0 Å². The van der Waals surface area contributed by atoms with Crippen LogP contribution in [0.1, 0.15) is 118 Å². The zero-order valence-electron chi connectivity index (χ0n) is 48.3. The lowest BCUT2D eigenvalue weighted by atomic mass is 9.79. The molecule has 8 aromatic rings. The van der Waals surface area contributed by atoms with Crippen molar-refractivity contribution in [3.05, 3.63) is 167 Å². The Morgan fingerprint density at radius 2 is 1.33 bits per heavy atom. The van der Waals surface area contributed by atoms with Crippen LogP contribution in [-0.2, 0) is 22.7 Å². The van der Waals surface area contributed by atoms with E-state index >= 15 is 0 Å². The minimum atomic E-state index is -2.96. The Labute approximate surface area is 389 Å². The molecule has 2 heterocycles. The van der Waals surface area contributed by atoms with E-state index in [4.69, 9.17) is 17.3 Å². The number of nitrogens with zero attached hydrogens (tertiary/aromatic N) is 3. The summed E-state index contributed by atoms with van der Waals surface area (Å²) in [6.45, 7) is 20.4. The highest BCUT2D eigenvalue weighted by Crippen LogP contribution is 2.46. The van der Waals surface area contributed by atoms with Crippen molar-refractivity contribution in [2.45, 2.75) is 106 Å². The number of imidazole rings is 1. The fourth-order valence-electron chi connectivity index (χ4n) is 8.16. The number of benzene rings is 6. The van der Waals surface area contributed by atoms with Crippen LogP contribution in [0.25, 0.3) is 72.7 Å². The van der Waals surface area contributed by atoms with Gasteiger partial charge in [0.05, 0.1) is 37.6 Å². The number of phenolic OH excluding ortho intramolecular Hbond substituents is 1. The molecule has 0 aliphatic heterocycles. The van der Waals surface area contributed by atoms with Crippen molar-refractivity contribution in [3.8, 4) is 67.5 Å². The van der Waals surface area contributed by atoms with E-state index in [1.165, 1.54) is 5.56 Å². The lowest BCUT2D eigenvalue weighted by molar-refractivity contribution is 0.446. The van der Waals surface area contributed by atoms with E-state index in [0.717, 1.165) is 51.0 Å². The van der Waals surface area contributed by atoms with Gasteiger partial charge in [-0.1, -0.05) is 167 Å². The largest absolute Gasteiger partial charge is 0.507 e. The van der Waals surface area contributed by atoms with Crippen molar-refractivity contribution in [1.29, 1.82) is 0 Å². The fourth-order valence-corrected chi connectivity index (χ4v) is 8.16. The molecule has 0 spiro atoms. The summed E-state index contributed by atoms with van der Waals surface area (Å²) in [6.07, 6.45) is 0.314. The first kappa shape index (κ1) is 32.4. The first-order valence-electron chi connectivity index (χ1n) is 26.7. The molecule has 63 heavy (non-hydrogen) atoms. The van der Waals surface area contributed by atoms with Gasteiger partial charge in [0.15, 0.2) is 0 Å². The molecule has 0 unspecified atom stereocenters. The highest BCUT2D eigenvalue weighted by atomic mass is 16.3. The van der Waals surface area contributed by atoms with Gasteiger partial charge in [-0.25, -0.2) is 4.98 Å². The van der Waals surface area contributed by atoms with Gasteiger partial charge in [0.2, 0.25) is 0 Å². The number of rotatable bonds is 8. The molecule has 0 saturated heterocycles. The summed E-state index contributed by atoms with van der Waals surface area (Å²) in [7, 11) is 0. The molecule has 8 rings (SSSR count). The van der Waals surface area contributed by atoms with E-state index in [1.807, 2.05) is 48.5 Å². The van der Waals surface area contributed by atoms with E-state index in [2.05, 4.69) is 134 Å². The molecular weight excluding hydrogens is 767 g/mol. The molecule has 6 aromatic carbocycles. The fraction of sp³-hybridized carbons (Fsp3) is 0.288. The zero-order chi connectivity index (χ0) is 53.6. The van der Waals surface area contributed by atoms with Crippen molar-refractivity contribution >= 4 is 11.0 Å². The van der Waals surface area contributed by atoms with Crippen LogP contribution in [0.15, 0.2) is 139 Å². The van der Waals surface area contributed by atoms with Gasteiger partial charge >= 0.3 is 0 Å². The Bertz CT molecular complexity index is 3450. The smallest absolute Gasteiger partial charge is 0.149 e. The van der Waals surface area contributed by atoms with E-state index in [-0.39, 0.29) is 22.4 Å². The summed E-state index contributed by atoms with van der Waals surface area (Å²) in [6, 6.07) is 28.6. The number of fused-ring (bicyclic) bond motifs is 1. The zero-order valence-corrected chi connectivity index (χ0v) is 38.3. The van der Waals surface area contributed by atoms with E-state index in [1.54, 1.807) is 0 Å². The molecule has 0 bridgehead atoms. The average Bonchev–Trinajstić information content (AvgIpc) is 3.68. The Morgan fingerprint density at radius 3 is 2.00 bits per heavy atom. The van der Waals surface area contributed by atoms with E-state index < -0.39 is 71.2 Å². The second-order valence-corrected chi connectivity index (χ2v) is 20.2. The average molecular weight is 840 g/mol. The number of phenols is 1. The highest BCUT2D eigenvalue weighted by Gasteiger charge is 2.29. The lowest BCUT2D eigenvalue weighted by Gasteiger charge is -2.27. The first-order chi connectivity index (χ1) is 33.9. The summed E-state index contributed by atoms with van der Waals surface area (Å²) in [4.78, 5) is 10.1. The Kier molecular flexibility index (Phi) is 8.47. The predicted molar refractivity (Wildman–Crippen MR) is 267 cm³/mol. The van der Waals surface area contributed by atoms with Crippen molar-refractivity contribution < 1.29 is 18.8 Å². The van der Waals surface area contributed by atoms with Crippen LogP contribution < -0.4 is 0 Å². The Balaban J connectivity index is 1.47. The second kappa shape index (κ2) is 16.5. The third kappa shape index (κ3) is 8.87. The molecule has 0 atom stereocenters. The summed E-state index contributed by atoms with van der Waals surface area (Å²) in [5.74, 6) is 1.09. The van der Waals surface area contributed by atoms with Crippen molar-refractivity contribution in [2.75, 3.05) is 0 Å². The van der Waals surface area contributed by atoms with E-state index in [0.29, 0.717) is 33.9 Å². The first-order valence-corrected chi connectivity index (χ1v) is 21.7. The van der Waals surface area contributed by atoms with Crippen LogP contribution in [0, 0.1) is 12.8 Å². The van der Waals surface area contributed by atoms with Gasteiger partial charge in [0, 0.05) is 32.5 Å². The molecule has 4 nitrogen and oxygen atoms in total. The lowest BCUT2D eigenvalue weighted by Crippen LogP contribution is -2.17. The molecule has 0 aliphatic rings. The quantitative estimate of drug-likeness (QED) is 0.166. The third-order valence-electron chi connectivity index (χ3n) is 11.6. The molecule has 4 heteroatoms. The van der Waals surface area contributed by atoms with Crippen LogP contribution >= 0.6 is 0 Å². The van der Waals surface area contributed by atoms with E-state index in [9.17, 15) is 6.48 Å². The van der Waals surface area contributed by atoms with Crippen LogP contribution in [0.5, 0.6) is 5.75 Å². The topological polar surface area (TPSA) is 50.9 Å². The highest BCUT2D eigenvalue weighted by molar-refractivity contribution is 5.98. The Morgan fingerprint density at radius 1 is 0.635 bits per heavy atom.